The average molecular weight is 470 g/mol. The number of hydrazone groups is 1. The van der Waals surface area contributed by atoms with E-state index in [1.165, 1.54) is 30.5 Å². The standard InChI is InChI=1S/C22H17BrFN3O3/c23-17-7-5-15(6-8-17)22(29)27-25-13-16-3-1-2-4-20(16)30-14-21(28)26-19-11-9-18(24)10-12-19/h1-13H,14H2,(H,26,28)(H,27,29). The van der Waals surface area contributed by atoms with Gasteiger partial charge >= 0.3 is 0 Å². The maximum absolute atomic E-state index is 12.9. The van der Waals surface area contributed by atoms with Gasteiger partial charge in [0.1, 0.15) is 11.6 Å². The molecule has 0 aliphatic heterocycles. The molecular weight excluding hydrogens is 453 g/mol. The Kier molecular flexibility index (Phi) is 7.29. The van der Waals surface area contributed by atoms with Crippen LogP contribution in [0.3, 0.4) is 0 Å². The molecule has 0 aromatic heterocycles. The van der Waals surface area contributed by atoms with Crippen LogP contribution >= 0.6 is 15.9 Å². The summed E-state index contributed by atoms with van der Waals surface area (Å²) < 4.78 is 19.4. The maximum atomic E-state index is 12.9. The van der Waals surface area contributed by atoms with Gasteiger partial charge in [-0.1, -0.05) is 28.1 Å². The predicted molar refractivity (Wildman–Crippen MR) is 116 cm³/mol. The maximum Gasteiger partial charge on any atom is 0.271 e. The Bertz CT molecular complexity index is 1050. The summed E-state index contributed by atoms with van der Waals surface area (Å²) in [6.45, 7) is -0.243. The van der Waals surface area contributed by atoms with Gasteiger partial charge in [-0.25, -0.2) is 9.82 Å². The number of nitrogens with zero attached hydrogens (tertiary/aromatic N) is 1. The molecule has 6 nitrogen and oxygen atoms in total. The van der Waals surface area contributed by atoms with Crippen molar-refractivity contribution in [1.29, 1.82) is 0 Å². The van der Waals surface area contributed by atoms with Crippen molar-refractivity contribution in [3.8, 4) is 5.75 Å². The fraction of sp³-hybridized carbons (Fsp3) is 0.0455. The van der Waals surface area contributed by atoms with E-state index >= 15 is 0 Å². The second-order valence-corrected chi connectivity index (χ2v) is 7.00. The largest absolute Gasteiger partial charge is 0.483 e. The Balaban J connectivity index is 1.56. The van der Waals surface area contributed by atoms with Gasteiger partial charge in [0, 0.05) is 21.3 Å². The molecule has 2 N–H and O–H groups in total. The van der Waals surface area contributed by atoms with Crippen LogP contribution in [0, 0.1) is 5.82 Å². The molecule has 0 saturated heterocycles. The molecule has 0 fully saturated rings. The Hall–Kier alpha value is -3.52. The molecule has 3 rings (SSSR count). The molecule has 3 aromatic carbocycles. The summed E-state index contributed by atoms with van der Waals surface area (Å²) in [7, 11) is 0. The van der Waals surface area contributed by atoms with Gasteiger partial charge in [-0.15, -0.1) is 0 Å². The fourth-order valence-corrected chi connectivity index (χ4v) is 2.68. The first-order valence-corrected chi connectivity index (χ1v) is 9.67. The number of ether oxygens (including phenoxy) is 1. The summed E-state index contributed by atoms with van der Waals surface area (Å²) in [5.74, 6) is -0.703. The number of para-hydroxylation sites is 1. The molecule has 0 saturated carbocycles. The minimum Gasteiger partial charge on any atom is -0.483 e. The van der Waals surface area contributed by atoms with Gasteiger partial charge in [0.25, 0.3) is 11.8 Å². The molecule has 0 unspecified atom stereocenters. The van der Waals surface area contributed by atoms with Crippen molar-refractivity contribution in [3.05, 3.63) is 94.2 Å². The lowest BCUT2D eigenvalue weighted by atomic mass is 10.2. The molecule has 0 bridgehead atoms. The molecule has 0 aliphatic carbocycles. The highest BCUT2D eigenvalue weighted by atomic mass is 79.9. The van der Waals surface area contributed by atoms with Crippen LogP contribution in [0.5, 0.6) is 5.75 Å². The number of carbonyl (C=O) groups excluding carboxylic acids is 2. The van der Waals surface area contributed by atoms with E-state index in [1.54, 1.807) is 48.5 Å². The Morgan fingerprint density at radius 2 is 1.70 bits per heavy atom. The quantitative estimate of drug-likeness (QED) is 0.398. The lowest BCUT2D eigenvalue weighted by Crippen LogP contribution is -2.20. The van der Waals surface area contributed by atoms with E-state index in [9.17, 15) is 14.0 Å². The first kappa shape index (κ1) is 21.2. The van der Waals surface area contributed by atoms with Gasteiger partial charge in [-0.3, -0.25) is 9.59 Å². The Labute approximate surface area is 180 Å². The first-order chi connectivity index (χ1) is 14.5. The second-order valence-electron chi connectivity index (χ2n) is 6.09. The third kappa shape index (κ3) is 6.25. The number of benzene rings is 3. The number of anilines is 1. The molecule has 0 spiro atoms. The summed E-state index contributed by atoms with van der Waals surface area (Å²) in [5, 5.41) is 6.57. The normalized spacial score (nSPS) is 10.6. The van der Waals surface area contributed by atoms with Crippen LogP contribution in [0.2, 0.25) is 0 Å². The van der Waals surface area contributed by atoms with Crippen LogP contribution < -0.4 is 15.5 Å². The topological polar surface area (TPSA) is 79.8 Å². The van der Waals surface area contributed by atoms with E-state index in [1.807, 2.05) is 0 Å². The fourth-order valence-electron chi connectivity index (χ4n) is 2.42. The number of amides is 2. The molecule has 2 amide bonds. The molecule has 0 aliphatic rings. The number of hydrogen-bond acceptors (Lipinski definition) is 4. The summed E-state index contributed by atoms with van der Waals surface area (Å²) in [5.41, 5.74) is 3.97. The van der Waals surface area contributed by atoms with Gasteiger partial charge in [0.05, 0.1) is 6.21 Å². The minimum atomic E-state index is -0.392. The van der Waals surface area contributed by atoms with Crippen molar-refractivity contribution in [2.24, 2.45) is 5.10 Å². The predicted octanol–water partition coefficient (Wildman–Crippen LogP) is 4.37. The Morgan fingerprint density at radius 1 is 1.00 bits per heavy atom. The van der Waals surface area contributed by atoms with Crippen molar-refractivity contribution in [3.63, 3.8) is 0 Å². The van der Waals surface area contributed by atoms with E-state index in [2.05, 4.69) is 31.8 Å². The summed E-state index contributed by atoms with van der Waals surface area (Å²) in [6.07, 6.45) is 1.43. The zero-order valence-corrected chi connectivity index (χ0v) is 17.2. The first-order valence-electron chi connectivity index (χ1n) is 8.87. The van der Waals surface area contributed by atoms with E-state index < -0.39 is 5.91 Å². The number of rotatable bonds is 7. The lowest BCUT2D eigenvalue weighted by Gasteiger charge is -2.09. The van der Waals surface area contributed by atoms with Gasteiger partial charge < -0.3 is 10.1 Å². The monoisotopic (exact) mass is 469 g/mol. The van der Waals surface area contributed by atoms with E-state index in [0.29, 0.717) is 22.6 Å². The van der Waals surface area contributed by atoms with Crippen molar-refractivity contribution >= 4 is 39.6 Å². The third-order valence-corrected chi connectivity index (χ3v) is 4.41. The highest BCUT2D eigenvalue weighted by Crippen LogP contribution is 2.16. The third-order valence-electron chi connectivity index (χ3n) is 3.88. The number of halogens is 2. The van der Waals surface area contributed by atoms with Crippen molar-refractivity contribution in [2.75, 3.05) is 11.9 Å². The number of carbonyl (C=O) groups is 2. The SMILES string of the molecule is O=C(COc1ccccc1C=NNC(=O)c1ccc(Br)cc1)Nc1ccc(F)cc1. The van der Waals surface area contributed by atoms with Crippen LogP contribution in [0.15, 0.2) is 82.4 Å². The smallest absolute Gasteiger partial charge is 0.271 e. The van der Waals surface area contributed by atoms with E-state index in [4.69, 9.17) is 4.74 Å². The van der Waals surface area contributed by atoms with Gasteiger partial charge in [0.2, 0.25) is 0 Å². The summed E-state index contributed by atoms with van der Waals surface area (Å²) in [4.78, 5) is 24.1. The van der Waals surface area contributed by atoms with Crippen LogP contribution in [-0.4, -0.2) is 24.6 Å². The molecule has 152 valence electrons. The van der Waals surface area contributed by atoms with Crippen LogP contribution in [0.25, 0.3) is 0 Å². The molecule has 3 aromatic rings. The van der Waals surface area contributed by atoms with Gasteiger partial charge in [-0.05, 0) is 60.7 Å². The highest BCUT2D eigenvalue weighted by Gasteiger charge is 2.07. The average Bonchev–Trinajstić information content (AvgIpc) is 2.75. The van der Waals surface area contributed by atoms with Crippen LogP contribution in [0.1, 0.15) is 15.9 Å². The molecular formula is C22H17BrFN3O3. The lowest BCUT2D eigenvalue weighted by molar-refractivity contribution is -0.118. The molecule has 0 atom stereocenters. The second kappa shape index (κ2) is 10.3. The Morgan fingerprint density at radius 3 is 2.43 bits per heavy atom. The minimum absolute atomic E-state index is 0.243. The zero-order chi connectivity index (χ0) is 21.3. The molecule has 0 radical (unpaired) electrons. The van der Waals surface area contributed by atoms with Crippen LogP contribution in [0.4, 0.5) is 10.1 Å². The highest BCUT2D eigenvalue weighted by molar-refractivity contribution is 9.10. The number of nitrogens with one attached hydrogen (secondary N) is 2. The van der Waals surface area contributed by atoms with E-state index in [-0.39, 0.29) is 18.3 Å². The molecule has 0 heterocycles. The van der Waals surface area contributed by atoms with Gasteiger partial charge in [0.15, 0.2) is 6.61 Å². The van der Waals surface area contributed by atoms with Crippen molar-refractivity contribution < 1.29 is 18.7 Å². The van der Waals surface area contributed by atoms with E-state index in [0.717, 1.165) is 4.47 Å². The summed E-state index contributed by atoms with van der Waals surface area (Å²) >= 11 is 3.31. The van der Waals surface area contributed by atoms with Crippen LogP contribution in [-0.2, 0) is 4.79 Å². The van der Waals surface area contributed by atoms with Crippen molar-refractivity contribution in [1.82, 2.24) is 5.43 Å². The molecule has 30 heavy (non-hydrogen) atoms. The zero-order valence-electron chi connectivity index (χ0n) is 15.6. The van der Waals surface area contributed by atoms with Crippen molar-refractivity contribution in [2.45, 2.75) is 0 Å². The van der Waals surface area contributed by atoms with Gasteiger partial charge in [-0.2, -0.15) is 5.10 Å². The molecule has 8 heteroatoms. The number of hydrogen-bond donors (Lipinski definition) is 2. The summed E-state index contributed by atoms with van der Waals surface area (Å²) in [6, 6.07) is 19.3.